The van der Waals surface area contributed by atoms with E-state index in [1.165, 1.54) is 11.9 Å². The van der Waals surface area contributed by atoms with Crippen LogP contribution >= 0.6 is 0 Å². The number of amides is 1. The van der Waals surface area contributed by atoms with Crippen molar-refractivity contribution in [2.75, 3.05) is 12.8 Å². The Labute approximate surface area is 119 Å². The van der Waals surface area contributed by atoms with Crippen molar-refractivity contribution in [2.45, 2.75) is 13.5 Å². The van der Waals surface area contributed by atoms with Crippen LogP contribution in [-0.2, 0) is 6.54 Å². The van der Waals surface area contributed by atoms with Crippen molar-refractivity contribution in [1.29, 1.82) is 0 Å². The molecule has 3 N–H and O–H groups in total. The Morgan fingerprint density at radius 3 is 2.86 bits per heavy atom. The lowest BCUT2D eigenvalue weighted by Gasteiger charge is -2.15. The van der Waals surface area contributed by atoms with Crippen molar-refractivity contribution in [3.05, 3.63) is 39.6 Å². The molecule has 0 aliphatic carbocycles. The Kier molecular flexibility index (Phi) is 3.78. The number of carbonyl (C=O) groups is 1. The van der Waals surface area contributed by atoms with Gasteiger partial charge in [0.25, 0.3) is 11.6 Å². The fraction of sp³-hybridized carbons (Fsp3) is 0.273. The first-order chi connectivity index (χ1) is 9.88. The topological polar surface area (TPSA) is 144 Å². The second-order valence-corrected chi connectivity index (χ2v) is 4.38. The molecule has 0 saturated heterocycles. The number of rotatable bonds is 4. The van der Waals surface area contributed by atoms with E-state index < -0.39 is 10.8 Å². The van der Waals surface area contributed by atoms with Crippen LogP contribution in [0.15, 0.2) is 12.3 Å². The summed E-state index contributed by atoms with van der Waals surface area (Å²) in [5.74, 6) is 0.498. The van der Waals surface area contributed by atoms with Crippen molar-refractivity contribution in [3.8, 4) is 0 Å². The molecule has 10 heteroatoms. The van der Waals surface area contributed by atoms with Crippen LogP contribution in [-0.4, -0.2) is 42.9 Å². The van der Waals surface area contributed by atoms with Crippen LogP contribution in [0.1, 0.15) is 22.0 Å². The third-order valence-electron chi connectivity index (χ3n) is 2.71. The summed E-state index contributed by atoms with van der Waals surface area (Å²) in [6.07, 6.45) is 1.00. The van der Waals surface area contributed by atoms with Gasteiger partial charge in [0.15, 0.2) is 5.82 Å². The Bertz CT molecular complexity index is 697. The monoisotopic (exact) mass is 291 g/mol. The van der Waals surface area contributed by atoms with E-state index in [2.05, 4.69) is 20.2 Å². The summed E-state index contributed by atoms with van der Waals surface area (Å²) >= 11 is 0. The molecule has 0 radical (unpaired) electrons. The standard InChI is InChI=1S/C11H13N7O3/c1-6-14-9(16-15-6)5-17(2)11(19)8-3-7(18(20)21)4-13-10(8)12/h3-4H,5H2,1-2H3,(H2,12,13)(H,14,15,16). The Hall–Kier alpha value is -3.04. The number of hydrogen-bond acceptors (Lipinski definition) is 7. The van der Waals surface area contributed by atoms with Gasteiger partial charge in [0.2, 0.25) is 0 Å². The smallest absolute Gasteiger partial charge is 0.288 e. The minimum absolute atomic E-state index is 0.0287. The molecule has 0 aliphatic rings. The molecule has 2 heterocycles. The second kappa shape index (κ2) is 5.53. The Morgan fingerprint density at radius 1 is 1.57 bits per heavy atom. The van der Waals surface area contributed by atoms with Crippen molar-refractivity contribution >= 4 is 17.4 Å². The SMILES string of the molecule is Cc1nc(CN(C)C(=O)c2cc([N+](=O)[O-])cnc2N)n[nH]1. The molecule has 0 aliphatic heterocycles. The summed E-state index contributed by atoms with van der Waals surface area (Å²) in [6.45, 7) is 1.88. The normalized spacial score (nSPS) is 10.4. The molecule has 0 atom stereocenters. The second-order valence-electron chi connectivity index (χ2n) is 4.38. The Morgan fingerprint density at radius 2 is 2.29 bits per heavy atom. The van der Waals surface area contributed by atoms with Crippen LogP contribution < -0.4 is 5.73 Å². The highest BCUT2D eigenvalue weighted by Gasteiger charge is 2.20. The lowest BCUT2D eigenvalue weighted by molar-refractivity contribution is -0.385. The van der Waals surface area contributed by atoms with Crippen LogP contribution in [0.5, 0.6) is 0 Å². The van der Waals surface area contributed by atoms with Gasteiger partial charge in [-0.15, -0.1) is 0 Å². The van der Waals surface area contributed by atoms with Gasteiger partial charge in [0, 0.05) is 13.1 Å². The minimum Gasteiger partial charge on any atom is -0.383 e. The predicted molar refractivity (Wildman–Crippen MR) is 72.2 cm³/mol. The molecule has 2 aromatic heterocycles. The molecular weight excluding hydrogens is 278 g/mol. The molecule has 10 nitrogen and oxygen atoms in total. The zero-order chi connectivity index (χ0) is 15.6. The maximum absolute atomic E-state index is 12.3. The van der Waals surface area contributed by atoms with Gasteiger partial charge in [-0.1, -0.05) is 0 Å². The number of aromatic nitrogens is 4. The van der Waals surface area contributed by atoms with E-state index in [1.807, 2.05) is 0 Å². The molecule has 2 rings (SSSR count). The van der Waals surface area contributed by atoms with Crippen LogP contribution in [0.3, 0.4) is 0 Å². The van der Waals surface area contributed by atoms with Gasteiger partial charge < -0.3 is 10.6 Å². The molecule has 0 bridgehead atoms. The number of nitrogens with zero attached hydrogens (tertiary/aromatic N) is 5. The number of pyridine rings is 1. The average molecular weight is 291 g/mol. The molecule has 1 amide bonds. The average Bonchev–Trinajstić information content (AvgIpc) is 2.83. The van der Waals surface area contributed by atoms with Gasteiger partial charge in [-0.2, -0.15) is 5.10 Å². The van der Waals surface area contributed by atoms with E-state index in [0.717, 1.165) is 12.3 Å². The van der Waals surface area contributed by atoms with Gasteiger partial charge >= 0.3 is 0 Å². The number of aromatic amines is 1. The number of H-pyrrole nitrogens is 1. The van der Waals surface area contributed by atoms with E-state index in [9.17, 15) is 14.9 Å². The number of hydrogen-bond donors (Lipinski definition) is 2. The zero-order valence-electron chi connectivity index (χ0n) is 11.4. The van der Waals surface area contributed by atoms with E-state index in [4.69, 9.17) is 5.73 Å². The first-order valence-electron chi connectivity index (χ1n) is 5.91. The summed E-state index contributed by atoms with van der Waals surface area (Å²) in [4.78, 5) is 31.4. The summed E-state index contributed by atoms with van der Waals surface area (Å²) in [5, 5.41) is 17.3. The van der Waals surface area contributed by atoms with Gasteiger partial charge in [0.1, 0.15) is 17.8 Å². The highest BCUT2D eigenvalue weighted by atomic mass is 16.6. The molecular formula is C11H13N7O3. The van der Waals surface area contributed by atoms with Gasteiger partial charge in [-0.05, 0) is 6.92 Å². The van der Waals surface area contributed by atoms with Crippen molar-refractivity contribution in [1.82, 2.24) is 25.1 Å². The Balaban J connectivity index is 2.22. The molecule has 2 aromatic rings. The van der Waals surface area contributed by atoms with Crippen molar-refractivity contribution < 1.29 is 9.72 Å². The predicted octanol–water partition coefficient (Wildman–Crippen LogP) is 0.271. The first-order valence-corrected chi connectivity index (χ1v) is 5.91. The maximum atomic E-state index is 12.3. The number of anilines is 1. The third-order valence-corrected chi connectivity index (χ3v) is 2.71. The van der Waals surface area contributed by atoms with Gasteiger partial charge in [-0.3, -0.25) is 20.0 Å². The number of aryl methyl sites for hydroxylation is 1. The van der Waals surface area contributed by atoms with Crippen molar-refractivity contribution in [3.63, 3.8) is 0 Å². The zero-order valence-corrected chi connectivity index (χ0v) is 11.4. The van der Waals surface area contributed by atoms with E-state index in [0.29, 0.717) is 11.6 Å². The van der Waals surface area contributed by atoms with Gasteiger partial charge in [-0.25, -0.2) is 9.97 Å². The van der Waals surface area contributed by atoms with E-state index in [1.54, 1.807) is 6.92 Å². The van der Waals surface area contributed by atoms with Gasteiger partial charge in [0.05, 0.1) is 17.0 Å². The summed E-state index contributed by atoms with van der Waals surface area (Å²) in [5.41, 5.74) is 5.28. The molecule has 21 heavy (non-hydrogen) atoms. The van der Waals surface area contributed by atoms with E-state index in [-0.39, 0.29) is 23.6 Å². The number of nitrogen functional groups attached to an aromatic ring is 1. The lowest BCUT2D eigenvalue weighted by atomic mass is 10.2. The molecule has 0 unspecified atom stereocenters. The van der Waals surface area contributed by atoms with Crippen LogP contribution in [0, 0.1) is 17.0 Å². The number of nitrogens with one attached hydrogen (secondary N) is 1. The van der Waals surface area contributed by atoms with Crippen LogP contribution in [0.4, 0.5) is 11.5 Å². The molecule has 0 aromatic carbocycles. The third kappa shape index (κ3) is 3.11. The first kappa shape index (κ1) is 14.4. The molecule has 0 spiro atoms. The fourth-order valence-corrected chi connectivity index (χ4v) is 1.68. The highest BCUT2D eigenvalue weighted by molar-refractivity contribution is 5.98. The summed E-state index contributed by atoms with van der Waals surface area (Å²) in [7, 11) is 1.52. The van der Waals surface area contributed by atoms with Crippen LogP contribution in [0.25, 0.3) is 0 Å². The number of carbonyl (C=O) groups excluding carboxylic acids is 1. The maximum Gasteiger partial charge on any atom is 0.288 e. The minimum atomic E-state index is -0.637. The summed E-state index contributed by atoms with van der Waals surface area (Å²) < 4.78 is 0. The summed E-state index contributed by atoms with van der Waals surface area (Å²) in [6, 6.07) is 1.10. The quantitative estimate of drug-likeness (QED) is 0.607. The largest absolute Gasteiger partial charge is 0.383 e. The van der Waals surface area contributed by atoms with E-state index >= 15 is 0 Å². The lowest BCUT2D eigenvalue weighted by Crippen LogP contribution is -2.27. The highest BCUT2D eigenvalue weighted by Crippen LogP contribution is 2.18. The van der Waals surface area contributed by atoms with Crippen LogP contribution in [0.2, 0.25) is 0 Å². The number of nitro groups is 1. The fourth-order valence-electron chi connectivity index (χ4n) is 1.68. The molecule has 0 fully saturated rings. The molecule has 110 valence electrons. The molecule has 0 saturated carbocycles. The van der Waals surface area contributed by atoms with Crippen molar-refractivity contribution in [2.24, 2.45) is 0 Å². The number of nitrogens with two attached hydrogens (primary N) is 1.